The molecule has 0 unspecified atom stereocenters. The van der Waals surface area contributed by atoms with E-state index in [1.54, 1.807) is 0 Å². The van der Waals surface area contributed by atoms with Crippen LogP contribution in [-0.2, 0) is 14.9 Å². The highest BCUT2D eigenvalue weighted by Gasteiger charge is 2.44. The van der Waals surface area contributed by atoms with Gasteiger partial charge in [-0.1, -0.05) is 44.2 Å². The van der Waals surface area contributed by atoms with Gasteiger partial charge in [0, 0.05) is 6.54 Å². The number of likely N-dealkylation sites (tertiary alicyclic amines) is 1. The van der Waals surface area contributed by atoms with Crippen molar-refractivity contribution in [2.24, 2.45) is 0 Å². The molecule has 0 amide bonds. The first-order valence-corrected chi connectivity index (χ1v) is 8.58. The van der Waals surface area contributed by atoms with Crippen LogP contribution in [0.4, 0.5) is 0 Å². The maximum absolute atomic E-state index is 12.5. The summed E-state index contributed by atoms with van der Waals surface area (Å²) < 4.78 is 5.12. The van der Waals surface area contributed by atoms with E-state index in [1.165, 1.54) is 7.11 Å². The number of β-amino-alcohol motifs (C(OH)–C–C–N with tert-alkyl or cyclic N) is 1. The van der Waals surface area contributed by atoms with Crippen molar-refractivity contribution in [3.63, 3.8) is 0 Å². The number of esters is 1. The molecule has 0 atom stereocenters. The highest BCUT2D eigenvalue weighted by molar-refractivity contribution is 5.83. The van der Waals surface area contributed by atoms with Gasteiger partial charge in [-0.15, -0.1) is 0 Å². The number of nitrogens with zero attached hydrogens (tertiary/aromatic N) is 1. The number of carbonyl (C=O) groups excluding carboxylic acids is 1. The van der Waals surface area contributed by atoms with Crippen LogP contribution in [-0.4, -0.2) is 48.3 Å². The van der Waals surface area contributed by atoms with Crippen LogP contribution in [0.2, 0.25) is 0 Å². The summed E-state index contributed by atoms with van der Waals surface area (Å²) in [5.41, 5.74) is -0.145. The topological polar surface area (TPSA) is 49.8 Å². The Bertz CT molecular complexity index is 503. The van der Waals surface area contributed by atoms with Crippen LogP contribution in [0.3, 0.4) is 0 Å². The maximum Gasteiger partial charge on any atom is 0.316 e. The van der Waals surface area contributed by atoms with Gasteiger partial charge in [-0.25, -0.2) is 0 Å². The molecule has 0 aromatic heterocycles. The van der Waals surface area contributed by atoms with Crippen LogP contribution in [0, 0.1) is 0 Å². The van der Waals surface area contributed by atoms with Gasteiger partial charge in [-0.05, 0) is 44.3 Å². The summed E-state index contributed by atoms with van der Waals surface area (Å²) in [7, 11) is 1.46. The molecule has 1 aliphatic rings. The summed E-state index contributed by atoms with van der Waals surface area (Å²) in [4.78, 5) is 14.8. The number of hydrogen-bond acceptors (Lipinski definition) is 4. The third kappa shape index (κ3) is 3.75. The van der Waals surface area contributed by atoms with Crippen molar-refractivity contribution in [3.05, 3.63) is 35.9 Å². The summed E-state index contributed by atoms with van der Waals surface area (Å²) in [6.07, 6.45) is 2.96. The zero-order valence-electron chi connectivity index (χ0n) is 14.5. The molecular formula is C19H29NO3. The van der Waals surface area contributed by atoms with E-state index in [0.29, 0.717) is 6.54 Å². The Labute approximate surface area is 139 Å². The largest absolute Gasteiger partial charge is 0.468 e. The van der Waals surface area contributed by atoms with Crippen molar-refractivity contribution in [1.29, 1.82) is 0 Å². The van der Waals surface area contributed by atoms with Crippen molar-refractivity contribution in [1.82, 2.24) is 4.90 Å². The van der Waals surface area contributed by atoms with Gasteiger partial charge in [0.05, 0.1) is 18.1 Å². The molecule has 0 bridgehead atoms. The van der Waals surface area contributed by atoms with E-state index >= 15 is 0 Å². The average Bonchev–Trinajstić information content (AvgIpc) is 2.62. The summed E-state index contributed by atoms with van der Waals surface area (Å²) in [6, 6.07) is 9.94. The Morgan fingerprint density at radius 1 is 1.22 bits per heavy atom. The molecule has 1 heterocycles. The molecule has 1 saturated heterocycles. The van der Waals surface area contributed by atoms with Gasteiger partial charge in [-0.3, -0.25) is 4.79 Å². The minimum atomic E-state index is -0.627. The van der Waals surface area contributed by atoms with Gasteiger partial charge >= 0.3 is 5.97 Å². The molecule has 1 fully saturated rings. The van der Waals surface area contributed by atoms with Crippen molar-refractivity contribution in [2.45, 2.75) is 50.5 Å². The van der Waals surface area contributed by atoms with Gasteiger partial charge in [0.2, 0.25) is 0 Å². The zero-order chi connectivity index (χ0) is 16.9. The van der Waals surface area contributed by atoms with Crippen LogP contribution >= 0.6 is 0 Å². The predicted octanol–water partition coefficient (Wildman–Crippen LogP) is 2.74. The van der Waals surface area contributed by atoms with E-state index in [4.69, 9.17) is 4.74 Å². The van der Waals surface area contributed by atoms with E-state index in [1.807, 2.05) is 44.2 Å². The molecule has 0 spiro atoms. The normalized spacial score (nSPS) is 18.6. The molecule has 0 saturated carbocycles. The number of benzene rings is 1. The lowest BCUT2D eigenvalue weighted by Gasteiger charge is -2.42. The van der Waals surface area contributed by atoms with Gasteiger partial charge in [0.15, 0.2) is 0 Å². The molecule has 128 valence electrons. The first-order chi connectivity index (χ1) is 11.0. The SMILES string of the molecule is CCC(O)(CC)CN1CCC(C(=O)OC)(c2ccccc2)CC1. The average molecular weight is 319 g/mol. The smallest absolute Gasteiger partial charge is 0.316 e. The molecular weight excluding hydrogens is 290 g/mol. The summed E-state index contributed by atoms with van der Waals surface area (Å²) in [5.74, 6) is -0.149. The fourth-order valence-electron chi connectivity index (χ4n) is 3.55. The number of hydrogen-bond donors (Lipinski definition) is 1. The van der Waals surface area contributed by atoms with E-state index in [9.17, 15) is 9.90 Å². The van der Waals surface area contributed by atoms with Crippen molar-refractivity contribution < 1.29 is 14.6 Å². The van der Waals surface area contributed by atoms with Crippen LogP contribution in [0.25, 0.3) is 0 Å². The van der Waals surface area contributed by atoms with Gasteiger partial charge in [0.1, 0.15) is 0 Å². The van der Waals surface area contributed by atoms with Crippen LogP contribution in [0.1, 0.15) is 45.1 Å². The fraction of sp³-hybridized carbons (Fsp3) is 0.632. The minimum Gasteiger partial charge on any atom is -0.468 e. The van der Waals surface area contributed by atoms with Gasteiger partial charge in [0.25, 0.3) is 0 Å². The quantitative estimate of drug-likeness (QED) is 0.819. The van der Waals surface area contributed by atoms with Crippen molar-refractivity contribution >= 4 is 5.97 Å². The Hall–Kier alpha value is -1.39. The lowest BCUT2D eigenvalue weighted by atomic mass is 9.72. The van der Waals surface area contributed by atoms with Crippen LogP contribution in [0.15, 0.2) is 30.3 Å². The lowest BCUT2D eigenvalue weighted by molar-refractivity contribution is -0.150. The van der Waals surface area contributed by atoms with Crippen LogP contribution < -0.4 is 0 Å². The third-order valence-electron chi connectivity index (χ3n) is 5.45. The standard InChI is InChI=1S/C19H29NO3/c1-4-18(22,5-2)15-20-13-11-19(12-14-20,17(21)23-3)16-9-7-6-8-10-16/h6-10,22H,4-5,11-15H2,1-3H3. The monoisotopic (exact) mass is 319 g/mol. The third-order valence-corrected chi connectivity index (χ3v) is 5.45. The molecule has 1 aliphatic heterocycles. The molecule has 2 rings (SSSR count). The second kappa shape index (κ2) is 7.45. The Balaban J connectivity index is 2.13. The zero-order valence-corrected chi connectivity index (χ0v) is 14.5. The fourth-order valence-corrected chi connectivity index (χ4v) is 3.55. The van der Waals surface area contributed by atoms with Crippen molar-refractivity contribution in [3.8, 4) is 0 Å². The first-order valence-electron chi connectivity index (χ1n) is 8.58. The second-order valence-corrected chi connectivity index (χ2v) is 6.65. The summed E-state index contributed by atoms with van der Waals surface area (Å²) in [6.45, 7) is 6.32. The highest BCUT2D eigenvalue weighted by atomic mass is 16.5. The Morgan fingerprint density at radius 3 is 2.26 bits per heavy atom. The molecule has 23 heavy (non-hydrogen) atoms. The second-order valence-electron chi connectivity index (χ2n) is 6.65. The van der Waals surface area contributed by atoms with Crippen LogP contribution in [0.5, 0.6) is 0 Å². The predicted molar refractivity (Wildman–Crippen MR) is 91.3 cm³/mol. The van der Waals surface area contributed by atoms with E-state index in [0.717, 1.165) is 44.3 Å². The van der Waals surface area contributed by atoms with Gasteiger partial charge in [-0.2, -0.15) is 0 Å². The Morgan fingerprint density at radius 2 is 1.78 bits per heavy atom. The van der Waals surface area contributed by atoms with Gasteiger partial charge < -0.3 is 14.7 Å². The highest BCUT2D eigenvalue weighted by Crippen LogP contribution is 2.37. The number of methoxy groups -OCH3 is 1. The number of rotatable bonds is 6. The molecule has 0 radical (unpaired) electrons. The molecule has 4 nitrogen and oxygen atoms in total. The Kier molecular flexibility index (Phi) is 5.82. The maximum atomic E-state index is 12.5. The van der Waals surface area contributed by atoms with Crippen molar-refractivity contribution in [2.75, 3.05) is 26.7 Å². The minimum absolute atomic E-state index is 0.149. The molecule has 1 aromatic rings. The number of piperidine rings is 1. The molecule has 1 N–H and O–H groups in total. The number of ether oxygens (including phenoxy) is 1. The molecule has 4 heteroatoms. The molecule has 0 aliphatic carbocycles. The van der Waals surface area contributed by atoms with E-state index in [2.05, 4.69) is 4.90 Å². The lowest BCUT2D eigenvalue weighted by Crippen LogP contribution is -2.51. The van der Waals surface area contributed by atoms with E-state index < -0.39 is 11.0 Å². The van der Waals surface area contributed by atoms with E-state index in [-0.39, 0.29) is 5.97 Å². The summed E-state index contributed by atoms with van der Waals surface area (Å²) in [5, 5.41) is 10.6. The number of carbonyl (C=O) groups is 1. The molecule has 1 aromatic carbocycles. The number of aliphatic hydroxyl groups is 1. The first kappa shape index (κ1) is 18.0. The summed E-state index contributed by atoms with van der Waals surface area (Å²) >= 11 is 0.